The maximum Gasteiger partial charge on any atom is 0.0702 e. The van der Waals surface area contributed by atoms with Crippen LogP contribution in [0.4, 0.5) is 0 Å². The number of likely N-dealkylation sites (tertiary alicyclic amines) is 1. The van der Waals surface area contributed by atoms with Crippen LogP contribution in [0.2, 0.25) is 0 Å². The van der Waals surface area contributed by atoms with Gasteiger partial charge in [-0.15, -0.1) is 11.3 Å². The minimum absolute atomic E-state index is 0.228. The highest BCUT2D eigenvalue weighted by molar-refractivity contribution is 9.11. The normalized spacial score (nSPS) is 22.6. The van der Waals surface area contributed by atoms with Gasteiger partial charge in [0.15, 0.2) is 0 Å². The monoisotopic (exact) mass is 358 g/mol. The molecule has 0 bridgehead atoms. The highest BCUT2D eigenvalue weighted by atomic mass is 79.9. The zero-order chi connectivity index (χ0) is 14.8. The van der Waals surface area contributed by atoms with E-state index in [1.807, 2.05) is 11.3 Å². The SMILES string of the molecule is CCC(N)C(c1ccc(Br)s1)N1CCC(C)(CC)CC1. The predicted octanol–water partition coefficient (Wildman–Crippen LogP) is 4.80. The van der Waals surface area contributed by atoms with Crippen molar-refractivity contribution in [1.82, 2.24) is 4.90 Å². The molecule has 1 aliphatic rings. The molecule has 0 aliphatic carbocycles. The van der Waals surface area contributed by atoms with Crippen LogP contribution < -0.4 is 5.73 Å². The fraction of sp³-hybridized carbons (Fsp3) is 0.750. The average Bonchev–Trinajstić information content (AvgIpc) is 2.87. The fourth-order valence-corrected chi connectivity index (χ4v) is 4.70. The molecular formula is C16H27BrN2S. The van der Waals surface area contributed by atoms with Crippen molar-refractivity contribution in [2.24, 2.45) is 11.1 Å². The average molecular weight is 359 g/mol. The van der Waals surface area contributed by atoms with Crippen molar-refractivity contribution < 1.29 is 0 Å². The van der Waals surface area contributed by atoms with Gasteiger partial charge in [-0.1, -0.05) is 27.2 Å². The first kappa shape index (κ1) is 16.5. The van der Waals surface area contributed by atoms with E-state index in [1.165, 1.54) is 41.0 Å². The number of nitrogens with two attached hydrogens (primary N) is 1. The highest BCUT2D eigenvalue weighted by Gasteiger charge is 2.34. The van der Waals surface area contributed by atoms with E-state index in [0.717, 1.165) is 6.42 Å². The van der Waals surface area contributed by atoms with E-state index in [1.54, 1.807) is 0 Å². The Kier molecular flexibility index (Phi) is 5.69. The van der Waals surface area contributed by atoms with Crippen molar-refractivity contribution in [3.8, 4) is 0 Å². The van der Waals surface area contributed by atoms with Crippen molar-refractivity contribution in [2.45, 2.75) is 58.5 Å². The first-order valence-corrected chi connectivity index (χ1v) is 9.35. The van der Waals surface area contributed by atoms with E-state index in [9.17, 15) is 0 Å². The molecular weight excluding hydrogens is 332 g/mol. The van der Waals surface area contributed by atoms with E-state index < -0.39 is 0 Å². The van der Waals surface area contributed by atoms with E-state index in [4.69, 9.17) is 5.73 Å². The largest absolute Gasteiger partial charge is 0.326 e. The lowest BCUT2D eigenvalue weighted by Crippen LogP contribution is -2.46. The molecule has 2 nitrogen and oxygen atoms in total. The van der Waals surface area contributed by atoms with Gasteiger partial charge in [-0.25, -0.2) is 0 Å². The van der Waals surface area contributed by atoms with Crippen molar-refractivity contribution in [3.05, 3.63) is 20.8 Å². The molecule has 2 rings (SSSR count). The summed E-state index contributed by atoms with van der Waals surface area (Å²) in [6, 6.07) is 5.00. The van der Waals surface area contributed by atoms with Gasteiger partial charge in [0.2, 0.25) is 0 Å². The molecule has 1 saturated heterocycles. The third kappa shape index (κ3) is 3.65. The zero-order valence-corrected chi connectivity index (χ0v) is 15.3. The van der Waals surface area contributed by atoms with Crippen LogP contribution in [0.1, 0.15) is 57.4 Å². The van der Waals surface area contributed by atoms with Gasteiger partial charge in [0.25, 0.3) is 0 Å². The summed E-state index contributed by atoms with van der Waals surface area (Å²) in [5.74, 6) is 0. The maximum absolute atomic E-state index is 6.44. The second kappa shape index (κ2) is 6.91. The standard InChI is InChI=1S/C16H27BrN2S/c1-4-12(18)15(13-6-7-14(17)20-13)19-10-8-16(3,5-2)9-11-19/h6-7,12,15H,4-5,8-11,18H2,1-3H3. The molecule has 0 saturated carbocycles. The van der Waals surface area contributed by atoms with E-state index in [2.05, 4.69) is 53.7 Å². The quantitative estimate of drug-likeness (QED) is 0.818. The van der Waals surface area contributed by atoms with Crippen molar-refractivity contribution in [2.75, 3.05) is 13.1 Å². The molecule has 0 aromatic carbocycles. The van der Waals surface area contributed by atoms with Crippen LogP contribution >= 0.6 is 27.3 Å². The van der Waals surface area contributed by atoms with Gasteiger partial charge in [-0.3, -0.25) is 4.90 Å². The number of nitrogens with zero attached hydrogens (tertiary/aromatic N) is 1. The Bertz CT molecular complexity index is 424. The summed E-state index contributed by atoms with van der Waals surface area (Å²) in [6.07, 6.45) is 4.91. The van der Waals surface area contributed by atoms with Crippen LogP contribution in [0.25, 0.3) is 0 Å². The van der Waals surface area contributed by atoms with E-state index in [-0.39, 0.29) is 6.04 Å². The summed E-state index contributed by atoms with van der Waals surface area (Å²) < 4.78 is 1.20. The molecule has 2 N–H and O–H groups in total. The van der Waals surface area contributed by atoms with E-state index >= 15 is 0 Å². The third-order valence-electron chi connectivity index (χ3n) is 5.01. The summed E-state index contributed by atoms with van der Waals surface area (Å²) in [6.45, 7) is 9.30. The fourth-order valence-electron chi connectivity index (χ4n) is 3.07. The summed E-state index contributed by atoms with van der Waals surface area (Å²) in [4.78, 5) is 4.02. The van der Waals surface area contributed by atoms with Gasteiger partial charge in [0, 0.05) is 10.9 Å². The Labute approximate surface area is 135 Å². The summed E-state index contributed by atoms with van der Waals surface area (Å²) in [5, 5.41) is 0. The molecule has 4 heteroatoms. The Morgan fingerprint density at radius 2 is 2.00 bits per heavy atom. The van der Waals surface area contributed by atoms with Crippen molar-refractivity contribution in [1.29, 1.82) is 0 Å². The number of halogens is 1. The molecule has 2 heterocycles. The first-order valence-electron chi connectivity index (χ1n) is 7.74. The number of hydrogen-bond donors (Lipinski definition) is 1. The molecule has 1 aromatic rings. The number of hydrogen-bond acceptors (Lipinski definition) is 3. The minimum atomic E-state index is 0.228. The topological polar surface area (TPSA) is 29.3 Å². The molecule has 1 aliphatic heterocycles. The smallest absolute Gasteiger partial charge is 0.0702 e. The van der Waals surface area contributed by atoms with Crippen LogP contribution in [0, 0.1) is 5.41 Å². The number of piperidine rings is 1. The molecule has 0 radical (unpaired) electrons. The molecule has 1 aromatic heterocycles. The number of rotatable bonds is 5. The van der Waals surface area contributed by atoms with Gasteiger partial charge in [-0.05, 0) is 65.8 Å². The maximum atomic E-state index is 6.44. The van der Waals surface area contributed by atoms with Gasteiger partial charge in [0.1, 0.15) is 0 Å². The van der Waals surface area contributed by atoms with Crippen molar-refractivity contribution >= 4 is 27.3 Å². The van der Waals surface area contributed by atoms with Crippen LogP contribution in [-0.2, 0) is 0 Å². The van der Waals surface area contributed by atoms with Crippen LogP contribution in [0.3, 0.4) is 0 Å². The van der Waals surface area contributed by atoms with Crippen LogP contribution in [0.15, 0.2) is 15.9 Å². The molecule has 1 fully saturated rings. The minimum Gasteiger partial charge on any atom is -0.326 e. The molecule has 20 heavy (non-hydrogen) atoms. The summed E-state index contributed by atoms with van der Waals surface area (Å²) in [7, 11) is 0. The van der Waals surface area contributed by atoms with Crippen molar-refractivity contribution in [3.63, 3.8) is 0 Å². The lowest BCUT2D eigenvalue weighted by Gasteiger charge is -2.43. The molecule has 2 unspecified atom stereocenters. The van der Waals surface area contributed by atoms with Crippen LogP contribution in [0.5, 0.6) is 0 Å². The Hall–Kier alpha value is 0.1000. The Morgan fingerprint density at radius 3 is 2.45 bits per heavy atom. The second-order valence-corrected chi connectivity index (χ2v) is 8.85. The Morgan fingerprint density at radius 1 is 1.35 bits per heavy atom. The summed E-state index contributed by atoms with van der Waals surface area (Å²) in [5.41, 5.74) is 6.97. The predicted molar refractivity (Wildman–Crippen MR) is 92.2 cm³/mol. The van der Waals surface area contributed by atoms with Gasteiger partial charge >= 0.3 is 0 Å². The number of thiophene rings is 1. The lowest BCUT2D eigenvalue weighted by atomic mass is 9.77. The Balaban J connectivity index is 2.13. The van der Waals surface area contributed by atoms with Crippen LogP contribution in [-0.4, -0.2) is 24.0 Å². The third-order valence-corrected chi connectivity index (χ3v) is 6.71. The molecule has 114 valence electrons. The summed E-state index contributed by atoms with van der Waals surface area (Å²) >= 11 is 5.42. The van der Waals surface area contributed by atoms with Gasteiger partial charge in [0.05, 0.1) is 9.83 Å². The highest BCUT2D eigenvalue weighted by Crippen LogP contribution is 2.39. The molecule has 0 spiro atoms. The van der Waals surface area contributed by atoms with Gasteiger partial charge in [-0.2, -0.15) is 0 Å². The second-order valence-electron chi connectivity index (χ2n) is 6.36. The molecule has 2 atom stereocenters. The van der Waals surface area contributed by atoms with E-state index in [0.29, 0.717) is 11.5 Å². The molecule has 0 amide bonds. The van der Waals surface area contributed by atoms with Gasteiger partial charge < -0.3 is 5.73 Å². The zero-order valence-electron chi connectivity index (χ0n) is 12.9. The lowest BCUT2D eigenvalue weighted by molar-refractivity contribution is 0.0706. The first-order chi connectivity index (χ1) is 9.49.